The number of hydrogen-bond acceptors (Lipinski definition) is 4. The normalized spacial score (nSPS) is 12.4. The van der Waals surface area contributed by atoms with Gasteiger partial charge >= 0.3 is 0 Å². The maximum absolute atomic E-state index is 13.2. The predicted molar refractivity (Wildman–Crippen MR) is 100 cm³/mol. The third-order valence-corrected chi connectivity index (χ3v) is 4.23. The Bertz CT molecular complexity index is 890. The highest BCUT2D eigenvalue weighted by atomic mass is 16.5. The van der Waals surface area contributed by atoms with E-state index in [-0.39, 0.29) is 11.6 Å². The second-order valence-electron chi connectivity index (χ2n) is 5.87. The Morgan fingerprint density at radius 2 is 1.84 bits per heavy atom. The molecular formula is C20H23N3O2. The second-order valence-corrected chi connectivity index (χ2v) is 5.87. The van der Waals surface area contributed by atoms with E-state index in [9.17, 15) is 4.79 Å². The molecule has 0 aliphatic heterocycles. The smallest absolute Gasteiger partial charge is 0.266 e. The van der Waals surface area contributed by atoms with Gasteiger partial charge in [0.25, 0.3) is 5.56 Å². The number of aromatic nitrogens is 2. The fourth-order valence-corrected chi connectivity index (χ4v) is 2.96. The first kappa shape index (κ1) is 17.3. The van der Waals surface area contributed by atoms with Crippen LogP contribution in [0.15, 0.2) is 59.4 Å². The van der Waals surface area contributed by atoms with Gasteiger partial charge in [-0.05, 0) is 30.7 Å². The molecule has 0 saturated carbocycles. The Kier molecular flexibility index (Phi) is 5.58. The van der Waals surface area contributed by atoms with Gasteiger partial charge in [0.2, 0.25) is 0 Å². The Hall–Kier alpha value is -2.50. The Morgan fingerprint density at radius 1 is 1.12 bits per heavy atom. The largest absolute Gasteiger partial charge is 0.383 e. The molecule has 0 amide bonds. The molecule has 0 saturated heterocycles. The van der Waals surface area contributed by atoms with Crippen LogP contribution in [0.4, 0.5) is 0 Å². The summed E-state index contributed by atoms with van der Waals surface area (Å²) in [6.45, 7) is 3.40. The summed E-state index contributed by atoms with van der Waals surface area (Å²) < 4.78 is 6.85. The molecule has 2 aromatic carbocycles. The van der Waals surface area contributed by atoms with Gasteiger partial charge in [-0.25, -0.2) is 4.98 Å². The summed E-state index contributed by atoms with van der Waals surface area (Å²) in [5.74, 6) is 0.730. The van der Waals surface area contributed by atoms with Crippen LogP contribution in [-0.2, 0) is 4.74 Å². The molecule has 0 radical (unpaired) electrons. The molecule has 1 N–H and O–H groups in total. The first-order valence-corrected chi connectivity index (χ1v) is 8.55. The summed E-state index contributed by atoms with van der Waals surface area (Å²) in [5, 5.41) is 4.07. The summed E-state index contributed by atoms with van der Waals surface area (Å²) in [6.07, 6.45) is 0.821. The van der Waals surface area contributed by atoms with E-state index < -0.39 is 0 Å². The Balaban J connectivity index is 2.19. The van der Waals surface area contributed by atoms with Gasteiger partial charge in [-0.3, -0.25) is 9.36 Å². The third-order valence-electron chi connectivity index (χ3n) is 4.23. The van der Waals surface area contributed by atoms with E-state index in [1.165, 1.54) is 0 Å². The molecule has 5 heteroatoms. The molecule has 0 aliphatic carbocycles. The van der Waals surface area contributed by atoms with Crippen LogP contribution in [0.5, 0.6) is 0 Å². The predicted octanol–water partition coefficient (Wildman–Crippen LogP) is 3.07. The molecule has 1 heterocycles. The fourth-order valence-electron chi connectivity index (χ4n) is 2.96. The van der Waals surface area contributed by atoms with Gasteiger partial charge in [-0.1, -0.05) is 37.3 Å². The summed E-state index contributed by atoms with van der Waals surface area (Å²) in [4.78, 5) is 18.0. The topological polar surface area (TPSA) is 56.1 Å². The molecule has 0 spiro atoms. The first-order valence-electron chi connectivity index (χ1n) is 8.55. The standard InChI is InChI=1S/C20H23N3O2/c1-3-17(21-13-14-25-2)19-22-18-12-8-7-11-16(18)20(24)23(19)15-9-5-4-6-10-15/h4-12,17,21H,3,13-14H2,1-2H3. The van der Waals surface area contributed by atoms with E-state index in [1.807, 2.05) is 54.6 Å². The van der Waals surface area contributed by atoms with Crippen molar-refractivity contribution < 1.29 is 4.74 Å². The number of benzene rings is 2. The summed E-state index contributed by atoms with van der Waals surface area (Å²) >= 11 is 0. The number of nitrogens with one attached hydrogen (secondary N) is 1. The van der Waals surface area contributed by atoms with Crippen molar-refractivity contribution in [2.24, 2.45) is 0 Å². The molecule has 5 nitrogen and oxygen atoms in total. The zero-order chi connectivity index (χ0) is 17.6. The molecule has 25 heavy (non-hydrogen) atoms. The van der Waals surface area contributed by atoms with E-state index in [4.69, 9.17) is 9.72 Å². The van der Waals surface area contributed by atoms with Gasteiger partial charge in [-0.15, -0.1) is 0 Å². The van der Waals surface area contributed by atoms with Crippen molar-refractivity contribution in [3.8, 4) is 5.69 Å². The second kappa shape index (κ2) is 8.05. The van der Waals surface area contributed by atoms with Crippen LogP contribution < -0.4 is 10.9 Å². The van der Waals surface area contributed by atoms with E-state index in [0.717, 1.165) is 23.4 Å². The molecule has 0 aliphatic rings. The summed E-state index contributed by atoms with van der Waals surface area (Å²) in [6, 6.07) is 17.1. The van der Waals surface area contributed by atoms with Crippen LogP contribution >= 0.6 is 0 Å². The van der Waals surface area contributed by atoms with Crippen molar-refractivity contribution in [2.75, 3.05) is 20.3 Å². The molecular weight excluding hydrogens is 314 g/mol. The highest BCUT2D eigenvalue weighted by Crippen LogP contribution is 2.20. The quantitative estimate of drug-likeness (QED) is 0.673. The van der Waals surface area contributed by atoms with Gasteiger partial charge in [0.15, 0.2) is 0 Å². The van der Waals surface area contributed by atoms with Gasteiger partial charge in [0.1, 0.15) is 5.82 Å². The van der Waals surface area contributed by atoms with Gasteiger partial charge in [0, 0.05) is 13.7 Å². The maximum atomic E-state index is 13.2. The van der Waals surface area contributed by atoms with Gasteiger partial charge in [0.05, 0.1) is 29.2 Å². The molecule has 0 fully saturated rings. The molecule has 3 rings (SSSR count). The minimum atomic E-state index is -0.0428. The lowest BCUT2D eigenvalue weighted by molar-refractivity contribution is 0.194. The van der Waals surface area contributed by atoms with Crippen LogP contribution in [0, 0.1) is 0 Å². The maximum Gasteiger partial charge on any atom is 0.266 e. The molecule has 1 unspecified atom stereocenters. The lowest BCUT2D eigenvalue weighted by atomic mass is 10.1. The third kappa shape index (κ3) is 3.62. The van der Waals surface area contributed by atoms with Crippen molar-refractivity contribution >= 4 is 10.9 Å². The molecule has 3 aromatic rings. The fraction of sp³-hybridized carbons (Fsp3) is 0.300. The van der Waals surface area contributed by atoms with Crippen LogP contribution in [0.3, 0.4) is 0 Å². The number of fused-ring (bicyclic) bond motifs is 1. The Morgan fingerprint density at radius 3 is 2.56 bits per heavy atom. The highest BCUT2D eigenvalue weighted by molar-refractivity contribution is 5.77. The molecule has 130 valence electrons. The number of rotatable bonds is 7. The van der Waals surface area contributed by atoms with Crippen molar-refractivity contribution in [3.05, 3.63) is 70.8 Å². The number of ether oxygens (including phenoxy) is 1. The number of nitrogens with zero attached hydrogens (tertiary/aromatic N) is 2. The summed E-state index contributed by atoms with van der Waals surface area (Å²) in [7, 11) is 1.68. The number of para-hydroxylation sites is 2. The van der Waals surface area contributed by atoms with Crippen LogP contribution in [0.2, 0.25) is 0 Å². The van der Waals surface area contributed by atoms with Crippen molar-refractivity contribution in [3.63, 3.8) is 0 Å². The highest BCUT2D eigenvalue weighted by Gasteiger charge is 2.19. The van der Waals surface area contributed by atoms with Crippen molar-refractivity contribution in [1.29, 1.82) is 0 Å². The van der Waals surface area contributed by atoms with Crippen molar-refractivity contribution in [2.45, 2.75) is 19.4 Å². The van der Waals surface area contributed by atoms with E-state index in [1.54, 1.807) is 11.7 Å². The van der Waals surface area contributed by atoms with E-state index in [2.05, 4.69) is 12.2 Å². The van der Waals surface area contributed by atoms with E-state index in [0.29, 0.717) is 18.5 Å². The molecule has 1 aromatic heterocycles. The van der Waals surface area contributed by atoms with Crippen LogP contribution in [-0.4, -0.2) is 29.8 Å². The zero-order valence-electron chi connectivity index (χ0n) is 14.6. The average molecular weight is 337 g/mol. The minimum Gasteiger partial charge on any atom is -0.383 e. The first-order chi connectivity index (χ1) is 12.3. The van der Waals surface area contributed by atoms with Gasteiger partial charge < -0.3 is 10.1 Å². The Labute approximate surface area is 147 Å². The SMILES string of the molecule is CCC(NCCOC)c1nc2ccccc2c(=O)n1-c1ccccc1. The lowest BCUT2D eigenvalue weighted by Gasteiger charge is -2.21. The lowest BCUT2D eigenvalue weighted by Crippen LogP contribution is -2.32. The van der Waals surface area contributed by atoms with E-state index >= 15 is 0 Å². The number of methoxy groups -OCH3 is 1. The van der Waals surface area contributed by atoms with Crippen LogP contribution in [0.25, 0.3) is 16.6 Å². The number of hydrogen-bond donors (Lipinski definition) is 1. The molecule has 0 bridgehead atoms. The van der Waals surface area contributed by atoms with Crippen molar-refractivity contribution in [1.82, 2.24) is 14.9 Å². The molecule has 1 atom stereocenters. The zero-order valence-corrected chi connectivity index (χ0v) is 14.6. The monoisotopic (exact) mass is 337 g/mol. The van der Waals surface area contributed by atoms with Gasteiger partial charge in [-0.2, -0.15) is 0 Å². The average Bonchev–Trinajstić information content (AvgIpc) is 2.66. The van der Waals surface area contributed by atoms with Crippen LogP contribution in [0.1, 0.15) is 25.2 Å². The minimum absolute atomic E-state index is 0.0346. The summed E-state index contributed by atoms with van der Waals surface area (Å²) in [5.41, 5.74) is 1.51.